The van der Waals surface area contributed by atoms with Crippen molar-refractivity contribution in [1.82, 2.24) is 0 Å². The zero-order valence-corrected chi connectivity index (χ0v) is 12.1. The molecule has 1 nitrogen and oxygen atoms in total. The van der Waals surface area contributed by atoms with Gasteiger partial charge in [-0.25, -0.2) is 4.39 Å². The van der Waals surface area contributed by atoms with Crippen molar-refractivity contribution in [3.63, 3.8) is 0 Å². The topological polar surface area (TPSA) is 12.0 Å². The molecule has 2 rings (SSSR count). The van der Waals surface area contributed by atoms with E-state index in [4.69, 9.17) is 11.6 Å². The lowest BCUT2D eigenvalue weighted by molar-refractivity contribution is 0.627. The zero-order chi connectivity index (χ0) is 13.1. The van der Waals surface area contributed by atoms with Crippen molar-refractivity contribution in [3.8, 4) is 0 Å². The molecule has 0 bridgehead atoms. The number of benzene rings is 2. The van der Waals surface area contributed by atoms with Crippen molar-refractivity contribution in [2.45, 2.75) is 13.5 Å². The molecule has 0 heterocycles. The summed E-state index contributed by atoms with van der Waals surface area (Å²) in [5.41, 5.74) is 3.15. The van der Waals surface area contributed by atoms with E-state index in [1.807, 2.05) is 25.1 Å². The Bertz CT molecular complexity index is 572. The van der Waals surface area contributed by atoms with Crippen molar-refractivity contribution in [2.24, 2.45) is 0 Å². The zero-order valence-electron chi connectivity index (χ0n) is 9.81. The van der Waals surface area contributed by atoms with Crippen molar-refractivity contribution in [1.29, 1.82) is 0 Å². The van der Waals surface area contributed by atoms with E-state index in [-0.39, 0.29) is 10.8 Å². The summed E-state index contributed by atoms with van der Waals surface area (Å²) in [5.74, 6) is -0.390. The molecular formula is C14H12BrClFN. The number of halogens is 3. The van der Waals surface area contributed by atoms with Gasteiger partial charge in [0, 0.05) is 16.7 Å². The van der Waals surface area contributed by atoms with Gasteiger partial charge in [0.25, 0.3) is 0 Å². The largest absolute Gasteiger partial charge is 0.381 e. The van der Waals surface area contributed by atoms with Crippen LogP contribution in [-0.4, -0.2) is 0 Å². The monoisotopic (exact) mass is 327 g/mol. The summed E-state index contributed by atoms with van der Waals surface area (Å²) < 4.78 is 14.0. The molecule has 0 atom stereocenters. The standard InChI is InChI=1S/C14H12BrClFN/c1-9-2-4-11(15)7-14(9)18-8-10-3-5-13(17)12(16)6-10/h2-7,18H,8H2,1H3. The molecule has 0 aliphatic carbocycles. The van der Waals surface area contributed by atoms with Gasteiger partial charge >= 0.3 is 0 Å². The Morgan fingerprint density at radius 1 is 1.22 bits per heavy atom. The third-order valence-corrected chi connectivity index (χ3v) is 3.45. The first-order valence-electron chi connectivity index (χ1n) is 5.50. The highest BCUT2D eigenvalue weighted by atomic mass is 79.9. The van der Waals surface area contributed by atoms with Crippen LogP contribution in [0.3, 0.4) is 0 Å². The van der Waals surface area contributed by atoms with E-state index in [1.54, 1.807) is 12.1 Å². The van der Waals surface area contributed by atoms with Crippen LogP contribution in [0.1, 0.15) is 11.1 Å². The van der Waals surface area contributed by atoms with Crippen LogP contribution in [0.15, 0.2) is 40.9 Å². The maximum Gasteiger partial charge on any atom is 0.141 e. The number of hydrogen-bond donors (Lipinski definition) is 1. The van der Waals surface area contributed by atoms with E-state index in [0.29, 0.717) is 6.54 Å². The minimum absolute atomic E-state index is 0.153. The van der Waals surface area contributed by atoms with Crippen molar-refractivity contribution < 1.29 is 4.39 Å². The molecule has 1 N–H and O–H groups in total. The smallest absolute Gasteiger partial charge is 0.141 e. The Kier molecular flexibility index (Phi) is 4.25. The molecule has 0 aliphatic rings. The quantitative estimate of drug-likeness (QED) is 0.820. The number of anilines is 1. The van der Waals surface area contributed by atoms with Crippen LogP contribution in [-0.2, 0) is 6.54 Å². The molecule has 18 heavy (non-hydrogen) atoms. The highest BCUT2D eigenvalue weighted by Gasteiger charge is 2.02. The first-order valence-corrected chi connectivity index (χ1v) is 6.67. The number of aryl methyl sites for hydroxylation is 1. The van der Waals surface area contributed by atoms with Gasteiger partial charge < -0.3 is 5.32 Å². The molecule has 0 saturated carbocycles. The second-order valence-corrected chi connectivity index (χ2v) is 5.38. The molecule has 0 radical (unpaired) electrons. The van der Waals surface area contributed by atoms with Gasteiger partial charge in [-0.1, -0.05) is 39.7 Å². The van der Waals surface area contributed by atoms with Crippen molar-refractivity contribution >= 4 is 33.2 Å². The fourth-order valence-electron chi connectivity index (χ4n) is 1.63. The first-order chi connectivity index (χ1) is 8.56. The van der Waals surface area contributed by atoms with Gasteiger partial charge in [0.1, 0.15) is 5.82 Å². The molecule has 2 aromatic carbocycles. The second-order valence-electron chi connectivity index (χ2n) is 4.06. The van der Waals surface area contributed by atoms with E-state index in [2.05, 4.69) is 21.2 Å². The minimum atomic E-state index is -0.390. The van der Waals surface area contributed by atoms with Crippen molar-refractivity contribution in [2.75, 3.05) is 5.32 Å². The molecule has 0 amide bonds. The van der Waals surface area contributed by atoms with Crippen LogP contribution in [0.25, 0.3) is 0 Å². The van der Waals surface area contributed by atoms with Gasteiger partial charge in [-0.2, -0.15) is 0 Å². The lowest BCUT2D eigenvalue weighted by Crippen LogP contribution is -2.01. The normalized spacial score (nSPS) is 10.4. The van der Waals surface area contributed by atoms with Crippen LogP contribution in [0.5, 0.6) is 0 Å². The summed E-state index contributed by atoms with van der Waals surface area (Å²) in [4.78, 5) is 0. The fourth-order valence-corrected chi connectivity index (χ4v) is 2.20. The summed E-state index contributed by atoms with van der Waals surface area (Å²) in [6.07, 6.45) is 0. The molecule has 0 aromatic heterocycles. The fraction of sp³-hybridized carbons (Fsp3) is 0.143. The third-order valence-electron chi connectivity index (χ3n) is 2.67. The van der Waals surface area contributed by atoms with E-state index in [0.717, 1.165) is 21.3 Å². The van der Waals surface area contributed by atoms with Gasteiger partial charge in [-0.3, -0.25) is 0 Å². The van der Waals surface area contributed by atoms with Crippen LogP contribution in [0.2, 0.25) is 5.02 Å². The summed E-state index contributed by atoms with van der Waals surface area (Å²) >= 11 is 9.17. The molecule has 0 fully saturated rings. The Balaban J connectivity index is 2.11. The Labute approximate surface area is 119 Å². The van der Waals surface area contributed by atoms with E-state index >= 15 is 0 Å². The van der Waals surface area contributed by atoms with Crippen molar-refractivity contribution in [3.05, 3.63) is 62.8 Å². The summed E-state index contributed by atoms with van der Waals surface area (Å²) in [6.45, 7) is 2.64. The Hall–Kier alpha value is -1.06. The Morgan fingerprint density at radius 3 is 2.72 bits per heavy atom. The minimum Gasteiger partial charge on any atom is -0.381 e. The summed E-state index contributed by atoms with van der Waals surface area (Å²) in [6, 6.07) is 10.8. The molecule has 4 heteroatoms. The predicted molar refractivity (Wildman–Crippen MR) is 77.6 cm³/mol. The molecule has 2 aromatic rings. The third kappa shape index (κ3) is 3.24. The van der Waals surface area contributed by atoms with Gasteiger partial charge in [0.05, 0.1) is 5.02 Å². The Morgan fingerprint density at radius 2 is 2.00 bits per heavy atom. The second kappa shape index (κ2) is 5.72. The number of rotatable bonds is 3. The van der Waals surface area contributed by atoms with Crippen LogP contribution in [0.4, 0.5) is 10.1 Å². The van der Waals surface area contributed by atoms with Crippen LogP contribution < -0.4 is 5.32 Å². The maximum atomic E-state index is 13.0. The van der Waals surface area contributed by atoms with Crippen LogP contribution in [0, 0.1) is 12.7 Å². The molecular weight excluding hydrogens is 317 g/mol. The first kappa shape index (κ1) is 13.4. The van der Waals surface area contributed by atoms with E-state index in [9.17, 15) is 4.39 Å². The molecule has 0 saturated heterocycles. The van der Waals surface area contributed by atoms with Gasteiger partial charge in [0.15, 0.2) is 0 Å². The number of hydrogen-bond acceptors (Lipinski definition) is 1. The SMILES string of the molecule is Cc1ccc(Br)cc1NCc1ccc(F)c(Cl)c1. The molecule has 0 unspecified atom stereocenters. The van der Waals surface area contributed by atoms with E-state index in [1.165, 1.54) is 6.07 Å². The average molecular weight is 329 g/mol. The molecule has 0 aliphatic heterocycles. The van der Waals surface area contributed by atoms with Crippen LogP contribution >= 0.6 is 27.5 Å². The lowest BCUT2D eigenvalue weighted by atomic mass is 10.2. The average Bonchev–Trinajstić information content (AvgIpc) is 2.34. The molecule has 94 valence electrons. The van der Waals surface area contributed by atoms with Gasteiger partial charge in [-0.05, 0) is 42.3 Å². The highest BCUT2D eigenvalue weighted by Crippen LogP contribution is 2.22. The summed E-state index contributed by atoms with van der Waals surface area (Å²) in [7, 11) is 0. The predicted octanol–water partition coefficient (Wildman–Crippen LogP) is 5.16. The van der Waals surface area contributed by atoms with Gasteiger partial charge in [0.2, 0.25) is 0 Å². The number of nitrogens with one attached hydrogen (secondary N) is 1. The summed E-state index contributed by atoms with van der Waals surface area (Å²) in [5, 5.41) is 3.46. The van der Waals surface area contributed by atoms with Gasteiger partial charge in [-0.15, -0.1) is 0 Å². The maximum absolute atomic E-state index is 13.0. The lowest BCUT2D eigenvalue weighted by Gasteiger charge is -2.10. The van der Waals surface area contributed by atoms with E-state index < -0.39 is 0 Å². The highest BCUT2D eigenvalue weighted by molar-refractivity contribution is 9.10. The molecule has 0 spiro atoms.